The number of aromatic nitrogens is 2. The Labute approximate surface area is 195 Å². The van der Waals surface area contributed by atoms with Gasteiger partial charge in [-0.25, -0.2) is 18.6 Å². The van der Waals surface area contributed by atoms with Gasteiger partial charge in [0.25, 0.3) is 5.56 Å². The van der Waals surface area contributed by atoms with Gasteiger partial charge in [0, 0.05) is 12.6 Å². The normalized spacial score (nSPS) is 11.9. The lowest BCUT2D eigenvalue weighted by atomic mass is 10.1. The van der Waals surface area contributed by atoms with Gasteiger partial charge in [0.2, 0.25) is 0 Å². The molecule has 2 amide bonds. The summed E-state index contributed by atoms with van der Waals surface area (Å²) in [4.78, 5) is 32.9. The largest absolute Gasteiger partial charge is 0.322 e. The highest BCUT2D eigenvalue weighted by atomic mass is 19.1. The van der Waals surface area contributed by atoms with Crippen molar-refractivity contribution in [2.24, 2.45) is 0 Å². The van der Waals surface area contributed by atoms with Crippen LogP contribution < -0.4 is 10.9 Å². The zero-order valence-electron chi connectivity index (χ0n) is 19.0. The van der Waals surface area contributed by atoms with E-state index in [2.05, 4.69) is 5.32 Å². The lowest BCUT2D eigenvalue weighted by Crippen LogP contribution is -2.40. The molecule has 0 saturated carbocycles. The summed E-state index contributed by atoms with van der Waals surface area (Å²) >= 11 is 0. The molecule has 0 fully saturated rings. The van der Waals surface area contributed by atoms with Crippen LogP contribution in [0.3, 0.4) is 0 Å². The van der Waals surface area contributed by atoms with Crippen molar-refractivity contribution in [3.05, 3.63) is 100 Å². The third kappa shape index (κ3) is 4.26. The first-order valence-electron chi connectivity index (χ1n) is 10.9. The van der Waals surface area contributed by atoms with Gasteiger partial charge in [-0.05, 0) is 56.7 Å². The Balaban J connectivity index is 1.82. The number of benzene rings is 3. The number of rotatable bonds is 5. The quantitative estimate of drug-likeness (QED) is 0.421. The molecule has 0 saturated heterocycles. The molecule has 0 radical (unpaired) electrons. The highest BCUT2D eigenvalue weighted by Gasteiger charge is 2.27. The molecule has 6 nitrogen and oxygen atoms in total. The number of fused-ring (bicyclic) bond motifs is 1. The molecule has 1 heterocycles. The molecule has 8 heteroatoms. The van der Waals surface area contributed by atoms with Crippen molar-refractivity contribution in [2.75, 3.05) is 11.9 Å². The van der Waals surface area contributed by atoms with Crippen LogP contribution in [-0.4, -0.2) is 27.0 Å². The second-order valence-electron chi connectivity index (χ2n) is 7.93. The summed E-state index contributed by atoms with van der Waals surface area (Å²) in [6.45, 7) is 5.68. The van der Waals surface area contributed by atoms with Crippen molar-refractivity contribution in [2.45, 2.75) is 26.8 Å². The summed E-state index contributed by atoms with van der Waals surface area (Å²) < 4.78 is 28.9. The number of halogens is 2. The Bertz CT molecular complexity index is 1430. The summed E-state index contributed by atoms with van der Waals surface area (Å²) in [6, 6.07) is 16.2. The lowest BCUT2D eigenvalue weighted by molar-refractivity contribution is 0.193. The van der Waals surface area contributed by atoms with Gasteiger partial charge >= 0.3 is 6.03 Å². The topological polar surface area (TPSA) is 67.2 Å². The zero-order chi connectivity index (χ0) is 24.4. The van der Waals surface area contributed by atoms with E-state index in [4.69, 9.17) is 4.98 Å². The molecule has 1 N–H and O–H groups in total. The number of carbonyl (C=O) groups is 1. The average molecular weight is 463 g/mol. The molecule has 1 unspecified atom stereocenters. The molecule has 1 atom stereocenters. The van der Waals surface area contributed by atoms with Crippen LogP contribution in [-0.2, 0) is 0 Å². The fourth-order valence-corrected chi connectivity index (χ4v) is 3.99. The minimum atomic E-state index is -0.877. The second-order valence-corrected chi connectivity index (χ2v) is 7.93. The molecule has 0 aliphatic rings. The monoisotopic (exact) mass is 462 g/mol. The number of urea groups is 1. The molecule has 0 spiro atoms. The van der Waals surface area contributed by atoms with Gasteiger partial charge in [-0.3, -0.25) is 9.36 Å². The summed E-state index contributed by atoms with van der Waals surface area (Å²) in [6.07, 6.45) is 0. The summed E-state index contributed by atoms with van der Waals surface area (Å²) in [5.41, 5.74) is 1.66. The molecule has 34 heavy (non-hydrogen) atoms. The summed E-state index contributed by atoms with van der Waals surface area (Å²) in [7, 11) is 0. The fraction of sp³-hybridized carbons (Fsp3) is 0.192. The third-order valence-electron chi connectivity index (χ3n) is 5.77. The van der Waals surface area contributed by atoms with Gasteiger partial charge in [0.1, 0.15) is 17.5 Å². The van der Waals surface area contributed by atoms with E-state index >= 15 is 0 Å². The maximum atomic E-state index is 14.1. The van der Waals surface area contributed by atoms with Crippen LogP contribution in [0.15, 0.2) is 71.5 Å². The van der Waals surface area contributed by atoms with E-state index in [9.17, 15) is 18.4 Å². The number of nitrogens with zero attached hydrogens (tertiary/aromatic N) is 3. The first-order chi connectivity index (χ1) is 16.3. The predicted octanol–water partition coefficient (Wildman–Crippen LogP) is 5.59. The number of amides is 2. The maximum absolute atomic E-state index is 14.1. The first kappa shape index (κ1) is 23.1. The molecule has 0 aliphatic heterocycles. The van der Waals surface area contributed by atoms with E-state index in [1.807, 2.05) is 31.2 Å². The Morgan fingerprint density at radius 1 is 1.09 bits per heavy atom. The molecule has 4 aromatic rings. The number of para-hydroxylation sites is 2. The number of nitrogens with one attached hydrogen (secondary N) is 1. The van der Waals surface area contributed by atoms with Crippen molar-refractivity contribution in [1.29, 1.82) is 0 Å². The number of anilines is 1. The van der Waals surface area contributed by atoms with Crippen LogP contribution >= 0.6 is 0 Å². The van der Waals surface area contributed by atoms with E-state index in [0.717, 1.165) is 11.6 Å². The van der Waals surface area contributed by atoms with Crippen molar-refractivity contribution < 1.29 is 13.6 Å². The fourth-order valence-electron chi connectivity index (χ4n) is 3.99. The average Bonchev–Trinajstić information content (AvgIpc) is 2.82. The van der Waals surface area contributed by atoms with Crippen LogP contribution in [0.4, 0.5) is 19.3 Å². The van der Waals surface area contributed by atoms with Crippen molar-refractivity contribution in [3.63, 3.8) is 0 Å². The Morgan fingerprint density at radius 2 is 1.79 bits per heavy atom. The van der Waals surface area contributed by atoms with Crippen molar-refractivity contribution in [1.82, 2.24) is 14.5 Å². The maximum Gasteiger partial charge on any atom is 0.322 e. The van der Waals surface area contributed by atoms with Crippen molar-refractivity contribution in [3.8, 4) is 5.69 Å². The molecule has 174 valence electrons. The van der Waals surface area contributed by atoms with Crippen LogP contribution in [0.25, 0.3) is 16.6 Å². The molecular formula is C26H24F2N4O2. The van der Waals surface area contributed by atoms with E-state index in [1.165, 1.54) is 15.5 Å². The van der Waals surface area contributed by atoms with Gasteiger partial charge in [-0.1, -0.05) is 30.3 Å². The van der Waals surface area contributed by atoms with Gasteiger partial charge in [-0.2, -0.15) is 0 Å². The number of aryl methyl sites for hydroxylation is 1. The van der Waals surface area contributed by atoms with Crippen LogP contribution in [0.1, 0.15) is 31.3 Å². The van der Waals surface area contributed by atoms with E-state index in [1.54, 1.807) is 38.1 Å². The van der Waals surface area contributed by atoms with Gasteiger partial charge in [-0.15, -0.1) is 0 Å². The Kier molecular flexibility index (Phi) is 6.40. The molecule has 1 aromatic heterocycles. The van der Waals surface area contributed by atoms with Gasteiger partial charge < -0.3 is 10.2 Å². The molecular weight excluding hydrogens is 438 g/mol. The zero-order valence-corrected chi connectivity index (χ0v) is 19.0. The molecule has 0 bridgehead atoms. The Morgan fingerprint density at radius 3 is 2.50 bits per heavy atom. The van der Waals surface area contributed by atoms with Gasteiger partial charge in [0.05, 0.1) is 28.3 Å². The molecule has 4 rings (SSSR count). The highest BCUT2D eigenvalue weighted by molar-refractivity contribution is 5.89. The predicted molar refractivity (Wildman–Crippen MR) is 128 cm³/mol. The summed E-state index contributed by atoms with van der Waals surface area (Å²) in [5, 5.41) is 2.95. The van der Waals surface area contributed by atoms with Crippen LogP contribution in [0, 0.1) is 18.6 Å². The number of carbonyl (C=O) groups excluding carboxylic acids is 1. The lowest BCUT2D eigenvalue weighted by Gasteiger charge is -2.30. The highest BCUT2D eigenvalue weighted by Crippen LogP contribution is 2.25. The molecule has 3 aromatic carbocycles. The van der Waals surface area contributed by atoms with E-state index < -0.39 is 23.7 Å². The van der Waals surface area contributed by atoms with Crippen molar-refractivity contribution >= 4 is 22.6 Å². The van der Waals surface area contributed by atoms with Crippen LogP contribution in [0.2, 0.25) is 0 Å². The van der Waals surface area contributed by atoms with E-state index in [0.29, 0.717) is 28.5 Å². The molecule has 0 aliphatic carbocycles. The second kappa shape index (κ2) is 9.43. The first-order valence-corrected chi connectivity index (χ1v) is 10.9. The minimum absolute atomic E-state index is 0.139. The smallest absolute Gasteiger partial charge is 0.315 e. The van der Waals surface area contributed by atoms with E-state index in [-0.39, 0.29) is 17.8 Å². The van der Waals surface area contributed by atoms with Gasteiger partial charge in [0.15, 0.2) is 0 Å². The Hall–Kier alpha value is -4.07. The SMILES string of the molecule is CCN(C(=O)Nc1ccc(F)cc1F)C(C)c1nc2ccccc2c(=O)n1-c1ccccc1C. The summed E-state index contributed by atoms with van der Waals surface area (Å²) in [5.74, 6) is -1.24. The third-order valence-corrected chi connectivity index (χ3v) is 5.77. The number of hydrogen-bond acceptors (Lipinski definition) is 3. The minimum Gasteiger partial charge on any atom is -0.315 e. The van der Waals surface area contributed by atoms with Crippen LogP contribution in [0.5, 0.6) is 0 Å². The number of hydrogen-bond donors (Lipinski definition) is 1. The standard InChI is InChI=1S/C26H24F2N4O2/c1-4-31(26(34)30-22-14-13-18(27)15-20(22)28)17(3)24-29-21-11-7-6-10-19(21)25(33)32(24)23-12-8-5-9-16(23)2/h5-15,17H,4H2,1-3H3,(H,30,34).